The Kier molecular flexibility index (Phi) is 7.63. The topological polar surface area (TPSA) is 95.4 Å². The van der Waals surface area contributed by atoms with E-state index in [4.69, 9.17) is 16.6 Å². The standard InChI is InChI=1S/C18H22N4O3S/c1-2-3-4-11-19-18(26)22-21-16(23)13-7-9-14(10-8-13)20-17(24)15-6-5-12-25-15/h5-10,12H,2-4,11H2,1H3,(H,20,24)(H,21,23)(H2,19,22,26). The first kappa shape index (κ1) is 19.5. The molecule has 138 valence electrons. The molecule has 0 aliphatic carbocycles. The van der Waals surface area contributed by atoms with Gasteiger partial charge in [0.05, 0.1) is 6.26 Å². The zero-order valence-corrected chi connectivity index (χ0v) is 15.3. The molecule has 1 aromatic carbocycles. The van der Waals surface area contributed by atoms with Crippen molar-refractivity contribution in [3.05, 3.63) is 54.0 Å². The summed E-state index contributed by atoms with van der Waals surface area (Å²) < 4.78 is 5.02. The molecule has 1 heterocycles. The average molecular weight is 374 g/mol. The number of amides is 2. The molecule has 1 aromatic heterocycles. The van der Waals surface area contributed by atoms with Gasteiger partial charge in [-0.1, -0.05) is 19.8 Å². The normalized spacial score (nSPS) is 10.0. The zero-order valence-electron chi connectivity index (χ0n) is 14.5. The second-order valence-electron chi connectivity index (χ2n) is 5.55. The van der Waals surface area contributed by atoms with Crippen LogP contribution in [0.1, 0.15) is 47.1 Å². The number of furan rings is 1. The van der Waals surface area contributed by atoms with E-state index in [9.17, 15) is 9.59 Å². The molecule has 0 bridgehead atoms. The van der Waals surface area contributed by atoms with Crippen molar-refractivity contribution >= 4 is 34.8 Å². The molecule has 0 atom stereocenters. The molecule has 2 aromatic rings. The number of nitrogens with one attached hydrogen (secondary N) is 4. The van der Waals surface area contributed by atoms with E-state index in [-0.39, 0.29) is 17.6 Å². The largest absolute Gasteiger partial charge is 0.459 e. The van der Waals surface area contributed by atoms with Gasteiger partial charge in [-0.2, -0.15) is 0 Å². The predicted molar refractivity (Wildman–Crippen MR) is 104 cm³/mol. The fourth-order valence-electron chi connectivity index (χ4n) is 2.11. The highest BCUT2D eigenvalue weighted by Gasteiger charge is 2.10. The van der Waals surface area contributed by atoms with E-state index in [2.05, 4.69) is 28.4 Å². The van der Waals surface area contributed by atoms with Crippen molar-refractivity contribution in [2.45, 2.75) is 26.2 Å². The van der Waals surface area contributed by atoms with Crippen LogP contribution in [0, 0.1) is 0 Å². The fraction of sp³-hybridized carbons (Fsp3) is 0.278. The number of hydrazine groups is 1. The van der Waals surface area contributed by atoms with Crippen molar-refractivity contribution in [3.63, 3.8) is 0 Å². The molecular weight excluding hydrogens is 352 g/mol. The Balaban J connectivity index is 1.77. The van der Waals surface area contributed by atoms with E-state index in [0.717, 1.165) is 25.8 Å². The van der Waals surface area contributed by atoms with Crippen LogP contribution in [0.5, 0.6) is 0 Å². The highest BCUT2D eigenvalue weighted by atomic mass is 32.1. The van der Waals surface area contributed by atoms with Gasteiger partial charge in [-0.25, -0.2) is 0 Å². The molecule has 0 radical (unpaired) electrons. The quantitative estimate of drug-likeness (QED) is 0.338. The molecule has 0 fully saturated rings. The molecule has 4 N–H and O–H groups in total. The Labute approximate surface area is 157 Å². The van der Waals surface area contributed by atoms with E-state index >= 15 is 0 Å². The van der Waals surface area contributed by atoms with Gasteiger partial charge in [0.15, 0.2) is 10.9 Å². The number of rotatable bonds is 7. The summed E-state index contributed by atoms with van der Waals surface area (Å²) in [5, 5.41) is 6.07. The van der Waals surface area contributed by atoms with Gasteiger partial charge in [-0.3, -0.25) is 20.4 Å². The van der Waals surface area contributed by atoms with Crippen LogP contribution in [-0.2, 0) is 0 Å². The van der Waals surface area contributed by atoms with E-state index in [0.29, 0.717) is 16.4 Å². The van der Waals surface area contributed by atoms with Gasteiger partial charge in [0.1, 0.15) is 0 Å². The lowest BCUT2D eigenvalue weighted by Crippen LogP contribution is -2.46. The molecule has 0 saturated carbocycles. The van der Waals surface area contributed by atoms with Crippen molar-refractivity contribution in [1.82, 2.24) is 16.2 Å². The summed E-state index contributed by atoms with van der Waals surface area (Å²) >= 11 is 5.09. The third-order valence-corrected chi connectivity index (χ3v) is 3.75. The maximum Gasteiger partial charge on any atom is 0.291 e. The summed E-state index contributed by atoms with van der Waals surface area (Å²) in [6, 6.07) is 9.69. The fourth-order valence-corrected chi connectivity index (χ4v) is 2.27. The third-order valence-electron chi connectivity index (χ3n) is 3.51. The molecule has 2 amide bonds. The highest BCUT2D eigenvalue weighted by Crippen LogP contribution is 2.11. The third kappa shape index (κ3) is 6.21. The van der Waals surface area contributed by atoms with E-state index in [1.165, 1.54) is 6.26 Å². The summed E-state index contributed by atoms with van der Waals surface area (Å²) in [6.07, 6.45) is 4.72. The molecule has 0 spiro atoms. The van der Waals surface area contributed by atoms with Crippen LogP contribution in [0.2, 0.25) is 0 Å². The molecule has 0 aliphatic rings. The van der Waals surface area contributed by atoms with Crippen molar-refractivity contribution < 1.29 is 14.0 Å². The van der Waals surface area contributed by atoms with Crippen LogP contribution in [0.3, 0.4) is 0 Å². The Morgan fingerprint density at radius 2 is 1.81 bits per heavy atom. The van der Waals surface area contributed by atoms with Crippen molar-refractivity contribution in [3.8, 4) is 0 Å². The SMILES string of the molecule is CCCCCNC(=S)NNC(=O)c1ccc(NC(=O)c2ccco2)cc1. The second-order valence-corrected chi connectivity index (χ2v) is 5.96. The summed E-state index contributed by atoms with van der Waals surface area (Å²) in [5.41, 5.74) is 6.18. The van der Waals surface area contributed by atoms with Crippen molar-refractivity contribution in [2.24, 2.45) is 0 Å². The number of carbonyl (C=O) groups is 2. The summed E-state index contributed by atoms with van der Waals surface area (Å²) in [6.45, 7) is 2.89. The Bertz CT molecular complexity index is 729. The number of benzene rings is 1. The summed E-state index contributed by atoms with van der Waals surface area (Å²) in [5.74, 6) is -0.462. The van der Waals surface area contributed by atoms with E-state index in [1.54, 1.807) is 36.4 Å². The maximum atomic E-state index is 12.1. The van der Waals surface area contributed by atoms with Crippen molar-refractivity contribution in [2.75, 3.05) is 11.9 Å². The lowest BCUT2D eigenvalue weighted by molar-refractivity contribution is 0.0943. The maximum absolute atomic E-state index is 12.1. The number of hydrogen-bond acceptors (Lipinski definition) is 4. The molecule has 0 aliphatic heterocycles. The number of unbranched alkanes of at least 4 members (excludes halogenated alkanes) is 2. The minimum atomic E-state index is -0.353. The van der Waals surface area contributed by atoms with E-state index < -0.39 is 0 Å². The first-order valence-electron chi connectivity index (χ1n) is 8.39. The molecule has 2 rings (SSSR count). The Morgan fingerprint density at radius 3 is 2.46 bits per heavy atom. The summed E-state index contributed by atoms with van der Waals surface area (Å²) in [7, 11) is 0. The smallest absolute Gasteiger partial charge is 0.291 e. The first-order valence-corrected chi connectivity index (χ1v) is 8.80. The van der Waals surface area contributed by atoms with Gasteiger partial charge >= 0.3 is 0 Å². The number of carbonyl (C=O) groups excluding carboxylic acids is 2. The number of anilines is 1. The highest BCUT2D eigenvalue weighted by molar-refractivity contribution is 7.80. The van der Waals surface area contributed by atoms with Crippen LogP contribution < -0.4 is 21.5 Å². The lowest BCUT2D eigenvalue weighted by Gasteiger charge is -2.11. The van der Waals surface area contributed by atoms with E-state index in [1.807, 2.05) is 0 Å². The van der Waals surface area contributed by atoms with Crippen LogP contribution >= 0.6 is 12.2 Å². The predicted octanol–water partition coefficient (Wildman–Crippen LogP) is 2.83. The Morgan fingerprint density at radius 1 is 1.04 bits per heavy atom. The minimum Gasteiger partial charge on any atom is -0.459 e. The lowest BCUT2D eigenvalue weighted by atomic mass is 10.2. The molecule has 0 saturated heterocycles. The zero-order chi connectivity index (χ0) is 18.8. The number of hydrogen-bond donors (Lipinski definition) is 4. The van der Waals surface area contributed by atoms with Crippen LogP contribution in [-0.4, -0.2) is 23.5 Å². The molecular formula is C18H22N4O3S. The molecule has 0 unspecified atom stereocenters. The van der Waals surface area contributed by atoms with Crippen LogP contribution in [0.25, 0.3) is 0 Å². The molecule has 8 heteroatoms. The Hall–Kier alpha value is -2.87. The number of thiocarbonyl (C=S) groups is 1. The second kappa shape index (κ2) is 10.2. The van der Waals surface area contributed by atoms with Crippen LogP contribution in [0.4, 0.5) is 5.69 Å². The van der Waals surface area contributed by atoms with Gasteiger partial charge < -0.3 is 15.1 Å². The summed E-state index contributed by atoms with van der Waals surface area (Å²) in [4.78, 5) is 24.0. The molecule has 7 nitrogen and oxygen atoms in total. The average Bonchev–Trinajstić information content (AvgIpc) is 3.19. The first-order chi connectivity index (χ1) is 12.6. The van der Waals surface area contributed by atoms with Crippen molar-refractivity contribution in [1.29, 1.82) is 0 Å². The van der Waals surface area contributed by atoms with Gasteiger partial charge in [0, 0.05) is 17.8 Å². The van der Waals surface area contributed by atoms with Gasteiger partial charge in [-0.15, -0.1) is 0 Å². The van der Waals surface area contributed by atoms with Gasteiger partial charge in [0.25, 0.3) is 11.8 Å². The van der Waals surface area contributed by atoms with Crippen LogP contribution in [0.15, 0.2) is 47.1 Å². The monoisotopic (exact) mass is 374 g/mol. The molecule has 26 heavy (non-hydrogen) atoms. The van der Waals surface area contributed by atoms with Gasteiger partial charge in [0.2, 0.25) is 0 Å². The minimum absolute atomic E-state index is 0.218. The van der Waals surface area contributed by atoms with Gasteiger partial charge in [-0.05, 0) is 55.0 Å².